The van der Waals surface area contributed by atoms with Crippen molar-refractivity contribution in [1.82, 2.24) is 0 Å². The van der Waals surface area contributed by atoms with Gasteiger partial charge in [0.2, 0.25) is 0 Å². The summed E-state index contributed by atoms with van der Waals surface area (Å²) >= 11 is -4.87. The fraction of sp³-hybridized carbons (Fsp3) is 0.364. The predicted molar refractivity (Wildman–Crippen MR) is 213 cm³/mol. The van der Waals surface area contributed by atoms with Crippen LogP contribution in [0.25, 0.3) is 34.4 Å². The van der Waals surface area contributed by atoms with Crippen LogP contribution in [0.5, 0.6) is 0 Å². The van der Waals surface area contributed by atoms with Crippen LogP contribution in [0.2, 0.25) is 13.1 Å². The first-order valence-electron chi connectivity index (χ1n) is 18.3. The van der Waals surface area contributed by atoms with Crippen molar-refractivity contribution in [2.75, 3.05) is 0 Å². The van der Waals surface area contributed by atoms with E-state index in [0.29, 0.717) is 11.8 Å². The molecule has 2 unspecified atom stereocenters. The summed E-state index contributed by atoms with van der Waals surface area (Å²) in [6.45, 7) is 18.8. The van der Waals surface area contributed by atoms with Gasteiger partial charge < -0.3 is 0 Å². The van der Waals surface area contributed by atoms with E-state index < -0.39 is 21.5 Å². The molecule has 0 aliphatic heterocycles. The van der Waals surface area contributed by atoms with Crippen LogP contribution in [0, 0.1) is 11.8 Å². The number of halogens is 2. The molecular formula is C44H53Cl2SiZr. The number of hydrogen-bond acceptors (Lipinski definition) is 0. The summed E-state index contributed by atoms with van der Waals surface area (Å²) < 4.78 is 0.177. The van der Waals surface area contributed by atoms with Crippen molar-refractivity contribution >= 4 is 35.1 Å². The van der Waals surface area contributed by atoms with Crippen LogP contribution in [0.4, 0.5) is 0 Å². The second-order valence-corrected chi connectivity index (χ2v) is 57.9. The average Bonchev–Trinajstić information content (AvgIpc) is 3.67. The second-order valence-electron chi connectivity index (χ2n) is 15.4. The van der Waals surface area contributed by atoms with Crippen LogP contribution in [0.3, 0.4) is 0 Å². The molecule has 0 spiro atoms. The monoisotopic (exact) mass is 769 g/mol. The molecule has 0 amide bonds. The predicted octanol–water partition coefficient (Wildman–Crippen LogP) is 13.8. The zero-order chi connectivity index (χ0) is 34.4. The van der Waals surface area contributed by atoms with Crippen molar-refractivity contribution in [3.05, 3.63) is 129 Å². The molecule has 0 saturated heterocycles. The molecule has 4 aromatic rings. The maximum absolute atomic E-state index is 8.74. The van der Waals surface area contributed by atoms with E-state index >= 15 is 0 Å². The third kappa shape index (κ3) is 6.06. The van der Waals surface area contributed by atoms with Crippen molar-refractivity contribution in [2.24, 2.45) is 11.8 Å². The molecule has 4 aromatic carbocycles. The maximum atomic E-state index is 8.74. The number of allylic oxidation sites excluding steroid dienone is 2. The van der Waals surface area contributed by atoms with Gasteiger partial charge in [-0.05, 0) is 0 Å². The zero-order valence-corrected chi connectivity index (χ0v) is 35.3. The van der Waals surface area contributed by atoms with Gasteiger partial charge in [-0.3, -0.25) is 0 Å². The molecule has 0 bridgehead atoms. The molecule has 2 aliphatic carbocycles. The van der Waals surface area contributed by atoms with E-state index in [0.717, 1.165) is 25.7 Å². The third-order valence-corrected chi connectivity index (χ3v) is 63.0. The number of benzene rings is 4. The minimum absolute atomic E-state index is 0.0887. The number of aryl methyl sites for hydroxylation is 2. The average molecular weight is 772 g/mol. The van der Waals surface area contributed by atoms with Crippen LogP contribution in [0.15, 0.2) is 96.1 Å². The summed E-state index contributed by atoms with van der Waals surface area (Å²) in [7, 11) is 17.5. The molecule has 251 valence electrons. The van der Waals surface area contributed by atoms with Crippen LogP contribution in [-0.4, -0.2) is 5.92 Å². The van der Waals surface area contributed by atoms with E-state index in [9.17, 15) is 0 Å². The first kappa shape index (κ1) is 35.9. The molecule has 0 aromatic heterocycles. The van der Waals surface area contributed by atoms with E-state index in [1.165, 1.54) is 66.8 Å². The van der Waals surface area contributed by atoms with Crippen molar-refractivity contribution in [2.45, 2.75) is 87.6 Å². The Morgan fingerprint density at radius 1 is 0.583 bits per heavy atom. The fourth-order valence-corrected chi connectivity index (χ4v) is 40.2. The Morgan fingerprint density at radius 3 is 1.27 bits per heavy atom. The van der Waals surface area contributed by atoms with Crippen molar-refractivity contribution in [3.8, 4) is 22.3 Å². The van der Waals surface area contributed by atoms with Gasteiger partial charge in [-0.2, -0.15) is 0 Å². The third-order valence-electron chi connectivity index (χ3n) is 11.3. The number of hydrogen-bond donors (Lipinski definition) is 0. The van der Waals surface area contributed by atoms with E-state index in [2.05, 4.69) is 152 Å². The Balaban J connectivity index is 1.55. The number of fused-ring (bicyclic) bond motifs is 2. The van der Waals surface area contributed by atoms with Crippen molar-refractivity contribution < 1.29 is 15.6 Å². The van der Waals surface area contributed by atoms with Crippen molar-refractivity contribution in [3.63, 3.8) is 0 Å². The van der Waals surface area contributed by atoms with E-state index in [4.69, 9.17) is 17.0 Å². The molecule has 0 nitrogen and oxygen atoms in total. The van der Waals surface area contributed by atoms with Gasteiger partial charge in [0, 0.05) is 0 Å². The summed E-state index contributed by atoms with van der Waals surface area (Å²) in [6, 6.07) is 32.3. The SMILES string of the molecule is CCCc1ccc(-c2cccc3c2C=C(C(C)C)[CH]3[Zr]([Cl])([Cl])([CH]2C(C(C)C)=Cc3c(-c4ccc(CCC)cc4)cccc32)[SiH](C)C)cc1. The molecule has 48 heavy (non-hydrogen) atoms. The van der Waals surface area contributed by atoms with E-state index in [-0.39, 0.29) is 7.25 Å². The van der Waals surface area contributed by atoms with Gasteiger partial charge in [0.15, 0.2) is 0 Å². The second kappa shape index (κ2) is 14.0. The summed E-state index contributed by atoms with van der Waals surface area (Å²) in [4.78, 5) is 0. The fourth-order valence-electron chi connectivity index (χ4n) is 8.70. The Labute approximate surface area is 299 Å². The van der Waals surface area contributed by atoms with Crippen molar-refractivity contribution in [1.29, 1.82) is 0 Å². The van der Waals surface area contributed by atoms with E-state index in [1.54, 1.807) is 0 Å². The number of rotatable bonds is 11. The molecular weight excluding hydrogens is 719 g/mol. The Morgan fingerprint density at radius 2 is 0.958 bits per heavy atom. The topological polar surface area (TPSA) is 0 Å². The zero-order valence-electron chi connectivity index (χ0n) is 30.2. The van der Waals surface area contributed by atoms with Gasteiger partial charge in [0.05, 0.1) is 0 Å². The molecule has 0 N–H and O–H groups in total. The van der Waals surface area contributed by atoms with Gasteiger partial charge in [-0.15, -0.1) is 0 Å². The molecule has 0 heterocycles. The quantitative estimate of drug-likeness (QED) is 0.133. The van der Waals surface area contributed by atoms with E-state index in [1.807, 2.05) is 0 Å². The minimum atomic E-state index is -4.87. The van der Waals surface area contributed by atoms with Gasteiger partial charge in [0.25, 0.3) is 0 Å². The van der Waals surface area contributed by atoms with Gasteiger partial charge in [-0.25, -0.2) is 0 Å². The van der Waals surface area contributed by atoms with Gasteiger partial charge in [0.1, 0.15) is 0 Å². The normalized spacial score (nSPS) is 18.1. The molecule has 0 saturated carbocycles. The standard InChI is InChI=1S/2C21H23.C2H7Si.2ClH.Zr/c2*1-4-6-16-9-11-17(12-10-16)20-8-5-7-18-13-19(15(2)3)14-21(18)20;1-3-2;;;/h2*5,7-15H,4,6H2,1-3H3;3H,1-2H3;2*1H;/q;;;;;+2/p-2. The Bertz CT molecular complexity index is 1730. The summed E-state index contributed by atoms with van der Waals surface area (Å²) in [6.07, 6.45) is 9.54. The summed E-state index contributed by atoms with van der Waals surface area (Å²) in [5, 5.41) is 0. The Hall–Kier alpha value is -1.96. The summed E-state index contributed by atoms with van der Waals surface area (Å²) in [5.74, 6) is -0.953. The first-order chi connectivity index (χ1) is 22.9. The molecule has 0 radical (unpaired) electrons. The molecule has 2 atom stereocenters. The summed E-state index contributed by atoms with van der Waals surface area (Å²) in [5.41, 5.74) is 16.2. The molecule has 6 rings (SSSR count). The van der Waals surface area contributed by atoms with Crippen LogP contribution >= 0.6 is 17.0 Å². The van der Waals surface area contributed by atoms with Gasteiger partial charge >= 0.3 is 302 Å². The molecule has 2 aliphatic rings. The van der Waals surface area contributed by atoms with Gasteiger partial charge in [-0.1, -0.05) is 0 Å². The van der Waals surface area contributed by atoms with Crippen LogP contribution in [-0.2, 0) is 28.4 Å². The first-order valence-corrected chi connectivity index (χ1v) is 34.7. The van der Waals surface area contributed by atoms with Crippen LogP contribution in [0.1, 0.15) is 95.0 Å². The Kier molecular flexibility index (Phi) is 10.4. The molecule has 0 fully saturated rings. The molecule has 4 heteroatoms. The van der Waals surface area contributed by atoms with Crippen LogP contribution < -0.4 is 0 Å².